The van der Waals surface area contributed by atoms with Gasteiger partial charge in [0.15, 0.2) is 0 Å². The van der Waals surface area contributed by atoms with Gasteiger partial charge in [0, 0.05) is 12.7 Å². The Bertz CT molecular complexity index is 922. The minimum atomic E-state index is -2.79. The zero-order chi connectivity index (χ0) is 20.8. The van der Waals surface area contributed by atoms with E-state index in [2.05, 4.69) is 24.9 Å². The number of aryl methyl sites for hydroxylation is 3. The maximum atomic E-state index is 12.6. The summed E-state index contributed by atoms with van der Waals surface area (Å²) in [5.41, 5.74) is 4.03. The number of rotatable bonds is 9. The van der Waals surface area contributed by atoms with Gasteiger partial charge in [0.05, 0.1) is 24.6 Å². The van der Waals surface area contributed by atoms with Crippen molar-refractivity contribution in [2.24, 2.45) is 0 Å². The van der Waals surface area contributed by atoms with Crippen LogP contribution in [-0.2, 0) is 17.8 Å². The molecule has 2 heterocycles. The van der Waals surface area contributed by atoms with Gasteiger partial charge in [-0.25, -0.2) is 0 Å². The molecule has 0 saturated heterocycles. The number of methoxy groups -OCH3 is 1. The van der Waals surface area contributed by atoms with Gasteiger partial charge < -0.3 is 14.0 Å². The molecule has 3 aromatic rings. The smallest absolute Gasteiger partial charge is 0.315 e. The van der Waals surface area contributed by atoms with Gasteiger partial charge >= 0.3 is 6.43 Å². The van der Waals surface area contributed by atoms with Crippen LogP contribution in [0.1, 0.15) is 41.3 Å². The predicted molar refractivity (Wildman–Crippen MR) is 101 cm³/mol. The standard InChI is InChI=1S/C20H22F2N4O3/c1-12-9-14(19-23-20(18(21)22)29-26-19)10-13(2)17(12)28-8-4-5-15-6-7-16(11-27-3)25-24-15/h6-7,9-10,18H,4-5,8,11H2,1-3H3. The van der Waals surface area contributed by atoms with Crippen molar-refractivity contribution in [3.63, 3.8) is 0 Å². The van der Waals surface area contributed by atoms with E-state index < -0.39 is 12.3 Å². The molecule has 0 aliphatic rings. The Morgan fingerprint density at radius 1 is 1.07 bits per heavy atom. The van der Waals surface area contributed by atoms with E-state index in [4.69, 9.17) is 9.47 Å². The van der Waals surface area contributed by atoms with Crippen LogP contribution in [0.4, 0.5) is 8.78 Å². The molecule has 0 fully saturated rings. The van der Waals surface area contributed by atoms with Gasteiger partial charge in [-0.15, -0.1) is 0 Å². The average molecular weight is 404 g/mol. The highest BCUT2D eigenvalue weighted by Crippen LogP contribution is 2.30. The van der Waals surface area contributed by atoms with E-state index in [-0.39, 0.29) is 5.82 Å². The van der Waals surface area contributed by atoms with Crippen molar-refractivity contribution in [1.82, 2.24) is 20.3 Å². The van der Waals surface area contributed by atoms with Gasteiger partial charge in [0.2, 0.25) is 5.82 Å². The van der Waals surface area contributed by atoms with Gasteiger partial charge in [0.1, 0.15) is 5.75 Å². The normalized spacial score (nSPS) is 11.2. The summed E-state index contributed by atoms with van der Waals surface area (Å²) < 4.78 is 40.8. The molecule has 7 nitrogen and oxygen atoms in total. The lowest BCUT2D eigenvalue weighted by atomic mass is 10.1. The van der Waals surface area contributed by atoms with Crippen LogP contribution in [0.15, 0.2) is 28.8 Å². The van der Waals surface area contributed by atoms with Crippen molar-refractivity contribution in [2.45, 2.75) is 39.7 Å². The van der Waals surface area contributed by atoms with Gasteiger partial charge in [-0.1, -0.05) is 5.16 Å². The molecule has 9 heteroatoms. The average Bonchev–Trinajstić information content (AvgIpc) is 3.19. The van der Waals surface area contributed by atoms with Crippen LogP contribution in [0.25, 0.3) is 11.4 Å². The lowest BCUT2D eigenvalue weighted by Crippen LogP contribution is -2.04. The van der Waals surface area contributed by atoms with Crippen LogP contribution in [0.3, 0.4) is 0 Å². The lowest BCUT2D eigenvalue weighted by molar-refractivity contribution is 0.106. The molecule has 0 aliphatic heterocycles. The maximum Gasteiger partial charge on any atom is 0.315 e. The third-order valence-electron chi connectivity index (χ3n) is 4.24. The monoisotopic (exact) mass is 404 g/mol. The fourth-order valence-electron chi connectivity index (χ4n) is 2.92. The van der Waals surface area contributed by atoms with Crippen molar-refractivity contribution >= 4 is 0 Å². The zero-order valence-electron chi connectivity index (χ0n) is 16.5. The quantitative estimate of drug-likeness (QED) is 0.493. The summed E-state index contributed by atoms with van der Waals surface area (Å²) in [5, 5.41) is 11.9. The summed E-state index contributed by atoms with van der Waals surface area (Å²) in [5.74, 6) is 0.204. The van der Waals surface area contributed by atoms with E-state index in [1.54, 1.807) is 19.2 Å². The van der Waals surface area contributed by atoms with Crippen LogP contribution in [0, 0.1) is 13.8 Å². The molecule has 29 heavy (non-hydrogen) atoms. The molecule has 154 valence electrons. The van der Waals surface area contributed by atoms with Gasteiger partial charge in [-0.3, -0.25) is 0 Å². The summed E-state index contributed by atoms with van der Waals surface area (Å²) in [7, 11) is 1.62. The fraction of sp³-hybridized carbons (Fsp3) is 0.400. The Kier molecular flexibility index (Phi) is 6.82. The number of ether oxygens (including phenoxy) is 2. The third kappa shape index (κ3) is 5.32. The Balaban J connectivity index is 1.58. The molecular formula is C20H22F2N4O3. The zero-order valence-corrected chi connectivity index (χ0v) is 16.5. The molecule has 0 amide bonds. The predicted octanol–water partition coefficient (Wildman–Crippen LogP) is 4.24. The summed E-state index contributed by atoms with van der Waals surface area (Å²) in [6.45, 7) is 4.73. The highest BCUT2D eigenvalue weighted by atomic mass is 19.3. The summed E-state index contributed by atoms with van der Waals surface area (Å²) in [4.78, 5) is 3.73. The number of halogens is 2. The first-order valence-electron chi connectivity index (χ1n) is 9.14. The Labute approximate surface area is 167 Å². The minimum Gasteiger partial charge on any atom is -0.493 e. The molecule has 0 bridgehead atoms. The van der Waals surface area contributed by atoms with E-state index in [0.717, 1.165) is 41.1 Å². The van der Waals surface area contributed by atoms with E-state index >= 15 is 0 Å². The summed E-state index contributed by atoms with van der Waals surface area (Å²) in [6.07, 6.45) is -1.26. The fourth-order valence-corrected chi connectivity index (χ4v) is 2.92. The first kappa shape index (κ1) is 20.8. The topological polar surface area (TPSA) is 83.2 Å². The van der Waals surface area contributed by atoms with Crippen molar-refractivity contribution in [3.8, 4) is 17.1 Å². The van der Waals surface area contributed by atoms with Gasteiger partial charge in [-0.05, 0) is 62.1 Å². The second-order valence-electron chi connectivity index (χ2n) is 6.60. The molecular weight excluding hydrogens is 382 g/mol. The van der Waals surface area contributed by atoms with E-state index in [1.165, 1.54) is 0 Å². The first-order chi connectivity index (χ1) is 14.0. The number of hydrogen-bond acceptors (Lipinski definition) is 7. The van der Waals surface area contributed by atoms with Crippen molar-refractivity contribution in [3.05, 3.63) is 52.7 Å². The molecule has 0 N–H and O–H groups in total. The van der Waals surface area contributed by atoms with Gasteiger partial charge in [-0.2, -0.15) is 24.0 Å². The molecule has 0 aliphatic carbocycles. The van der Waals surface area contributed by atoms with Gasteiger partial charge in [0.25, 0.3) is 5.89 Å². The number of alkyl halides is 2. The van der Waals surface area contributed by atoms with E-state index in [9.17, 15) is 8.78 Å². The number of aromatic nitrogens is 4. The highest BCUT2D eigenvalue weighted by Gasteiger charge is 2.18. The molecule has 0 saturated carbocycles. The van der Waals surface area contributed by atoms with Crippen LogP contribution in [0.5, 0.6) is 5.75 Å². The molecule has 0 spiro atoms. The van der Waals surface area contributed by atoms with E-state index in [1.807, 2.05) is 26.0 Å². The van der Waals surface area contributed by atoms with E-state index in [0.29, 0.717) is 18.8 Å². The molecule has 3 rings (SSSR count). The molecule has 2 aromatic heterocycles. The largest absolute Gasteiger partial charge is 0.493 e. The van der Waals surface area contributed by atoms with Crippen LogP contribution < -0.4 is 4.74 Å². The number of benzene rings is 1. The molecule has 0 atom stereocenters. The van der Waals surface area contributed by atoms with Crippen LogP contribution >= 0.6 is 0 Å². The Hall–Kier alpha value is -2.94. The van der Waals surface area contributed by atoms with Crippen LogP contribution in [-0.4, -0.2) is 34.1 Å². The molecule has 0 radical (unpaired) electrons. The number of nitrogens with zero attached hydrogens (tertiary/aromatic N) is 4. The summed E-state index contributed by atoms with van der Waals surface area (Å²) in [6, 6.07) is 7.42. The second-order valence-corrected chi connectivity index (χ2v) is 6.60. The Morgan fingerprint density at radius 2 is 1.76 bits per heavy atom. The third-order valence-corrected chi connectivity index (χ3v) is 4.24. The first-order valence-corrected chi connectivity index (χ1v) is 9.14. The lowest BCUT2D eigenvalue weighted by Gasteiger charge is -2.13. The summed E-state index contributed by atoms with van der Waals surface area (Å²) >= 11 is 0. The van der Waals surface area contributed by atoms with Crippen LogP contribution in [0.2, 0.25) is 0 Å². The maximum absolute atomic E-state index is 12.6. The second kappa shape index (κ2) is 9.51. The number of hydrogen-bond donors (Lipinski definition) is 0. The Morgan fingerprint density at radius 3 is 2.34 bits per heavy atom. The SMILES string of the molecule is COCc1ccc(CCCOc2c(C)cc(-c3noc(C(F)F)n3)cc2C)nn1. The molecule has 0 unspecified atom stereocenters. The van der Waals surface area contributed by atoms with Crippen molar-refractivity contribution < 1.29 is 22.8 Å². The highest BCUT2D eigenvalue weighted by molar-refractivity contribution is 5.61. The minimum absolute atomic E-state index is 0.133. The molecule has 1 aromatic carbocycles. The van der Waals surface area contributed by atoms with Crippen molar-refractivity contribution in [1.29, 1.82) is 0 Å². The van der Waals surface area contributed by atoms with Crippen molar-refractivity contribution in [2.75, 3.05) is 13.7 Å².